The van der Waals surface area contributed by atoms with E-state index in [4.69, 9.17) is 27.9 Å². The predicted octanol–water partition coefficient (Wildman–Crippen LogP) is 5.32. The van der Waals surface area contributed by atoms with E-state index in [0.717, 1.165) is 11.1 Å². The van der Waals surface area contributed by atoms with Gasteiger partial charge in [0.15, 0.2) is 6.61 Å². The average molecular weight is 465 g/mol. The number of benzene rings is 2. The molecule has 0 saturated carbocycles. The van der Waals surface area contributed by atoms with Gasteiger partial charge in [-0.3, -0.25) is 9.59 Å². The smallest absolute Gasteiger partial charge is 0.261 e. The summed E-state index contributed by atoms with van der Waals surface area (Å²) in [6, 6.07) is 10.0. The summed E-state index contributed by atoms with van der Waals surface area (Å²) in [5.41, 5.74) is 2.49. The third kappa shape index (κ3) is 7.44. The van der Waals surface area contributed by atoms with Crippen molar-refractivity contribution < 1.29 is 14.3 Å². The third-order valence-electron chi connectivity index (χ3n) is 4.86. The quantitative estimate of drug-likeness (QED) is 0.602. The molecule has 2 aromatic rings. The highest BCUT2D eigenvalue weighted by Crippen LogP contribution is 2.24. The molecule has 0 spiro atoms. The van der Waals surface area contributed by atoms with E-state index in [9.17, 15) is 9.59 Å². The SMILES string of the molecule is Cc1ccc(OCC(=O)N(Cc2ccc(Cl)cc2Cl)C(C)C(=O)NC(C)(C)C)cc1C. The zero-order chi connectivity index (χ0) is 23.3. The van der Waals surface area contributed by atoms with Gasteiger partial charge in [-0.15, -0.1) is 0 Å². The maximum atomic E-state index is 13.1. The van der Waals surface area contributed by atoms with Gasteiger partial charge in [0.05, 0.1) is 0 Å². The number of aryl methyl sites for hydroxylation is 2. The summed E-state index contributed by atoms with van der Waals surface area (Å²) in [4.78, 5) is 27.4. The molecule has 2 amide bonds. The highest BCUT2D eigenvalue weighted by atomic mass is 35.5. The summed E-state index contributed by atoms with van der Waals surface area (Å²) < 4.78 is 5.73. The Morgan fingerprint density at radius 3 is 2.32 bits per heavy atom. The van der Waals surface area contributed by atoms with E-state index in [2.05, 4.69) is 5.32 Å². The van der Waals surface area contributed by atoms with Crippen molar-refractivity contribution in [2.75, 3.05) is 6.61 Å². The number of hydrogen-bond acceptors (Lipinski definition) is 3. The van der Waals surface area contributed by atoms with Gasteiger partial charge >= 0.3 is 0 Å². The molecule has 2 rings (SSSR count). The Kier molecular flexibility index (Phi) is 8.38. The van der Waals surface area contributed by atoms with E-state index < -0.39 is 11.6 Å². The van der Waals surface area contributed by atoms with Crippen LogP contribution in [0.5, 0.6) is 5.75 Å². The van der Waals surface area contributed by atoms with Crippen LogP contribution >= 0.6 is 23.2 Å². The second-order valence-electron chi connectivity index (χ2n) is 8.71. The Morgan fingerprint density at radius 2 is 1.74 bits per heavy atom. The van der Waals surface area contributed by atoms with E-state index in [1.165, 1.54) is 4.90 Å². The van der Waals surface area contributed by atoms with Gasteiger partial charge in [-0.1, -0.05) is 35.3 Å². The summed E-state index contributed by atoms with van der Waals surface area (Å²) >= 11 is 12.3. The van der Waals surface area contributed by atoms with Crippen molar-refractivity contribution in [1.29, 1.82) is 0 Å². The molecular formula is C24H30Cl2N2O3. The monoisotopic (exact) mass is 464 g/mol. The van der Waals surface area contributed by atoms with Crippen LogP contribution in [-0.4, -0.2) is 34.9 Å². The van der Waals surface area contributed by atoms with Crippen LogP contribution in [0, 0.1) is 13.8 Å². The molecule has 0 bridgehead atoms. The van der Waals surface area contributed by atoms with Crippen molar-refractivity contribution in [1.82, 2.24) is 10.2 Å². The summed E-state index contributed by atoms with van der Waals surface area (Å²) in [6.45, 7) is 11.3. The van der Waals surface area contributed by atoms with E-state index in [-0.39, 0.29) is 25.0 Å². The van der Waals surface area contributed by atoms with Crippen LogP contribution in [0.1, 0.15) is 44.4 Å². The largest absolute Gasteiger partial charge is 0.484 e. The molecule has 0 heterocycles. The second-order valence-corrected chi connectivity index (χ2v) is 9.55. The number of ether oxygens (including phenoxy) is 1. The second kappa shape index (κ2) is 10.4. The number of rotatable bonds is 7. The number of nitrogens with zero attached hydrogens (tertiary/aromatic N) is 1. The van der Waals surface area contributed by atoms with Gasteiger partial charge in [-0.2, -0.15) is 0 Å². The van der Waals surface area contributed by atoms with Crippen LogP contribution in [-0.2, 0) is 16.1 Å². The lowest BCUT2D eigenvalue weighted by Gasteiger charge is -2.31. The minimum absolute atomic E-state index is 0.157. The van der Waals surface area contributed by atoms with Gasteiger partial charge in [0.1, 0.15) is 11.8 Å². The van der Waals surface area contributed by atoms with Crippen LogP contribution in [0.2, 0.25) is 10.0 Å². The first-order valence-corrected chi connectivity index (χ1v) is 10.9. The van der Waals surface area contributed by atoms with Crippen molar-refractivity contribution in [2.45, 2.75) is 59.7 Å². The topological polar surface area (TPSA) is 58.6 Å². The summed E-state index contributed by atoms with van der Waals surface area (Å²) in [7, 11) is 0. The summed E-state index contributed by atoms with van der Waals surface area (Å²) in [5.74, 6) is 0.0330. The number of carbonyl (C=O) groups excluding carboxylic acids is 2. The molecule has 31 heavy (non-hydrogen) atoms. The standard InChI is InChI=1S/C24H30Cl2N2O3/c1-15-7-10-20(11-16(15)2)31-14-22(29)28(17(3)23(30)27-24(4,5)6)13-18-8-9-19(25)12-21(18)26/h7-12,17H,13-14H2,1-6H3,(H,27,30). The molecule has 1 atom stereocenters. The molecule has 0 saturated heterocycles. The first-order valence-electron chi connectivity index (χ1n) is 10.1. The molecule has 1 N–H and O–H groups in total. The molecule has 0 aliphatic carbocycles. The fourth-order valence-corrected chi connectivity index (χ4v) is 3.39. The Balaban J connectivity index is 2.23. The zero-order valence-corrected chi connectivity index (χ0v) is 20.4. The first-order chi connectivity index (χ1) is 14.4. The first kappa shape index (κ1) is 25.0. The molecule has 168 valence electrons. The number of nitrogens with one attached hydrogen (secondary N) is 1. The van der Waals surface area contributed by atoms with Crippen molar-refractivity contribution >= 4 is 35.0 Å². The van der Waals surface area contributed by atoms with Crippen LogP contribution in [0.4, 0.5) is 0 Å². The van der Waals surface area contributed by atoms with E-state index in [0.29, 0.717) is 21.4 Å². The fourth-order valence-electron chi connectivity index (χ4n) is 2.92. The van der Waals surface area contributed by atoms with Gasteiger partial charge in [0.2, 0.25) is 5.91 Å². The molecule has 7 heteroatoms. The lowest BCUT2D eigenvalue weighted by molar-refractivity contribution is -0.142. The fraction of sp³-hybridized carbons (Fsp3) is 0.417. The molecule has 0 aliphatic heterocycles. The maximum Gasteiger partial charge on any atom is 0.261 e. The maximum absolute atomic E-state index is 13.1. The number of amides is 2. The molecule has 2 aromatic carbocycles. The van der Waals surface area contributed by atoms with Crippen LogP contribution in [0.15, 0.2) is 36.4 Å². The molecule has 1 unspecified atom stereocenters. The van der Waals surface area contributed by atoms with Crippen molar-refractivity contribution in [3.8, 4) is 5.75 Å². The van der Waals surface area contributed by atoms with E-state index >= 15 is 0 Å². The molecule has 0 aromatic heterocycles. The van der Waals surface area contributed by atoms with Crippen molar-refractivity contribution in [2.24, 2.45) is 0 Å². The highest BCUT2D eigenvalue weighted by molar-refractivity contribution is 6.35. The normalized spacial score (nSPS) is 12.3. The van der Waals surface area contributed by atoms with Gasteiger partial charge in [-0.25, -0.2) is 0 Å². The summed E-state index contributed by atoms with van der Waals surface area (Å²) in [5, 5.41) is 3.86. The van der Waals surface area contributed by atoms with Crippen molar-refractivity contribution in [3.05, 3.63) is 63.1 Å². The number of carbonyl (C=O) groups is 2. The lowest BCUT2D eigenvalue weighted by atomic mass is 10.1. The van der Waals surface area contributed by atoms with Gasteiger partial charge in [-0.05, 0) is 82.5 Å². The van der Waals surface area contributed by atoms with Gasteiger partial charge < -0.3 is 15.0 Å². The van der Waals surface area contributed by atoms with Crippen LogP contribution < -0.4 is 10.1 Å². The Morgan fingerprint density at radius 1 is 1.06 bits per heavy atom. The Labute approximate surface area is 194 Å². The Bertz CT molecular complexity index is 954. The van der Waals surface area contributed by atoms with Crippen LogP contribution in [0.25, 0.3) is 0 Å². The Hall–Kier alpha value is -2.24. The summed E-state index contributed by atoms with van der Waals surface area (Å²) in [6.07, 6.45) is 0. The highest BCUT2D eigenvalue weighted by Gasteiger charge is 2.29. The van der Waals surface area contributed by atoms with Crippen LogP contribution in [0.3, 0.4) is 0 Å². The van der Waals surface area contributed by atoms with E-state index in [1.54, 1.807) is 25.1 Å². The van der Waals surface area contributed by atoms with Gasteiger partial charge in [0.25, 0.3) is 5.91 Å². The minimum atomic E-state index is -0.721. The minimum Gasteiger partial charge on any atom is -0.484 e. The molecular weight excluding hydrogens is 435 g/mol. The average Bonchev–Trinajstić information content (AvgIpc) is 2.66. The zero-order valence-electron chi connectivity index (χ0n) is 18.9. The molecule has 0 aliphatic rings. The van der Waals surface area contributed by atoms with Crippen molar-refractivity contribution in [3.63, 3.8) is 0 Å². The molecule has 0 radical (unpaired) electrons. The molecule has 5 nitrogen and oxygen atoms in total. The third-order valence-corrected chi connectivity index (χ3v) is 5.45. The van der Waals surface area contributed by atoms with E-state index in [1.807, 2.05) is 52.8 Å². The number of halogens is 2. The predicted molar refractivity (Wildman–Crippen MR) is 126 cm³/mol. The van der Waals surface area contributed by atoms with Gasteiger partial charge in [0, 0.05) is 22.1 Å². The lowest BCUT2D eigenvalue weighted by Crippen LogP contribution is -2.53. The molecule has 0 fully saturated rings. The number of hydrogen-bond donors (Lipinski definition) is 1.